The summed E-state index contributed by atoms with van der Waals surface area (Å²) in [4.78, 5) is 17.2. The first-order valence-corrected chi connectivity index (χ1v) is 12.6. The van der Waals surface area contributed by atoms with E-state index in [1.54, 1.807) is 31.0 Å². The third kappa shape index (κ3) is 6.27. The quantitative estimate of drug-likeness (QED) is 0.236. The number of methoxy groups -OCH3 is 2. The normalized spacial score (nSPS) is 10.7. The van der Waals surface area contributed by atoms with E-state index in [0.717, 1.165) is 28.3 Å². The summed E-state index contributed by atoms with van der Waals surface area (Å²) in [5.41, 5.74) is 3.60. The molecular weight excluding hydrogens is 511 g/mol. The first-order valence-electron chi connectivity index (χ1n) is 12.6. The van der Waals surface area contributed by atoms with Gasteiger partial charge in [0.25, 0.3) is 5.91 Å². The van der Waals surface area contributed by atoms with Crippen molar-refractivity contribution < 1.29 is 23.4 Å². The second kappa shape index (κ2) is 12.1. The molecule has 0 aliphatic carbocycles. The topological polar surface area (TPSA) is 87.5 Å². The van der Waals surface area contributed by atoms with E-state index >= 15 is 0 Å². The second-order valence-corrected chi connectivity index (χ2v) is 8.81. The number of hydrogen-bond acceptors (Lipinski definition) is 6. The minimum Gasteiger partial charge on any atom is -0.497 e. The Morgan fingerprint density at radius 2 is 1.45 bits per heavy atom. The van der Waals surface area contributed by atoms with E-state index < -0.39 is 5.82 Å². The van der Waals surface area contributed by atoms with Crippen LogP contribution in [-0.4, -0.2) is 41.5 Å². The van der Waals surface area contributed by atoms with Crippen LogP contribution in [0.3, 0.4) is 0 Å². The molecule has 1 N–H and O–H groups in total. The molecule has 0 aliphatic rings. The minimum atomic E-state index is -0.398. The number of aromatic nitrogens is 3. The molecule has 0 saturated heterocycles. The van der Waals surface area contributed by atoms with Crippen molar-refractivity contribution >= 4 is 11.6 Å². The molecule has 0 fully saturated rings. The number of anilines is 1. The number of amides is 1. The zero-order chi connectivity index (χ0) is 27.9. The molecule has 5 rings (SSSR count). The van der Waals surface area contributed by atoms with Crippen LogP contribution in [0, 0.1) is 5.82 Å². The van der Waals surface area contributed by atoms with Gasteiger partial charge in [-0.05, 0) is 90.5 Å². The fourth-order valence-electron chi connectivity index (χ4n) is 4.00. The van der Waals surface area contributed by atoms with Crippen molar-refractivity contribution in [2.24, 2.45) is 0 Å². The third-order valence-electron chi connectivity index (χ3n) is 6.19. The highest BCUT2D eigenvalue weighted by Crippen LogP contribution is 2.26. The van der Waals surface area contributed by atoms with Gasteiger partial charge in [-0.3, -0.25) is 4.79 Å². The molecule has 40 heavy (non-hydrogen) atoms. The number of benzene rings is 4. The highest BCUT2D eigenvalue weighted by Gasteiger charge is 2.16. The zero-order valence-corrected chi connectivity index (χ0v) is 22.0. The number of hydrogen-bond donors (Lipinski definition) is 1. The van der Waals surface area contributed by atoms with Crippen molar-refractivity contribution in [3.8, 4) is 34.6 Å². The van der Waals surface area contributed by atoms with Crippen LogP contribution in [0.25, 0.3) is 17.1 Å². The monoisotopic (exact) mass is 538 g/mol. The average molecular weight is 539 g/mol. The van der Waals surface area contributed by atoms with Gasteiger partial charge in [0.15, 0.2) is 5.82 Å². The molecule has 1 amide bonds. The lowest BCUT2D eigenvalue weighted by atomic mass is 10.1. The van der Waals surface area contributed by atoms with Crippen LogP contribution in [-0.2, 0) is 6.42 Å². The van der Waals surface area contributed by atoms with Crippen LogP contribution < -0.4 is 19.5 Å². The molecule has 8 nitrogen and oxygen atoms in total. The van der Waals surface area contributed by atoms with Crippen molar-refractivity contribution in [1.82, 2.24) is 14.8 Å². The molecule has 0 saturated carbocycles. The number of rotatable bonds is 10. The van der Waals surface area contributed by atoms with Gasteiger partial charge in [-0.25, -0.2) is 9.07 Å². The Labute approximate surface area is 231 Å². The van der Waals surface area contributed by atoms with Crippen molar-refractivity contribution in [2.75, 3.05) is 26.1 Å². The van der Waals surface area contributed by atoms with Crippen LogP contribution in [0.1, 0.15) is 15.9 Å². The summed E-state index contributed by atoms with van der Waals surface area (Å²) in [5.74, 6) is 1.39. The SMILES string of the molecule is COc1ccc(CCOc2nc(-c3ccc(OC)cc3)n(-c3ccc(NC(=O)c4ccc(F)cc4)cc3)n2)cc1. The van der Waals surface area contributed by atoms with Gasteiger partial charge in [-0.15, -0.1) is 5.10 Å². The van der Waals surface area contributed by atoms with Crippen LogP contribution >= 0.6 is 0 Å². The molecular formula is C31H27FN4O4. The first kappa shape index (κ1) is 26.4. The summed E-state index contributed by atoms with van der Waals surface area (Å²) in [6.45, 7) is 0.396. The molecule has 0 unspecified atom stereocenters. The van der Waals surface area contributed by atoms with E-state index in [1.807, 2.05) is 60.7 Å². The smallest absolute Gasteiger partial charge is 0.336 e. The van der Waals surface area contributed by atoms with Crippen LogP contribution in [0.4, 0.5) is 10.1 Å². The van der Waals surface area contributed by atoms with E-state index in [0.29, 0.717) is 30.1 Å². The van der Waals surface area contributed by atoms with Gasteiger partial charge in [0.2, 0.25) is 0 Å². The predicted molar refractivity (Wildman–Crippen MR) is 150 cm³/mol. The summed E-state index contributed by atoms with van der Waals surface area (Å²) in [6, 6.07) is 28.1. The molecule has 5 aromatic rings. The van der Waals surface area contributed by atoms with E-state index in [9.17, 15) is 9.18 Å². The Morgan fingerprint density at radius 3 is 2.08 bits per heavy atom. The molecule has 0 bridgehead atoms. The molecule has 0 aliphatic heterocycles. The van der Waals surface area contributed by atoms with Gasteiger partial charge in [0.05, 0.1) is 26.5 Å². The number of nitrogens with one attached hydrogen (secondary N) is 1. The van der Waals surface area contributed by atoms with Crippen molar-refractivity contribution in [3.05, 3.63) is 114 Å². The Bertz CT molecular complexity index is 1570. The molecule has 0 radical (unpaired) electrons. The largest absolute Gasteiger partial charge is 0.497 e. The maximum atomic E-state index is 13.2. The number of carbonyl (C=O) groups excluding carboxylic acids is 1. The lowest BCUT2D eigenvalue weighted by molar-refractivity contribution is 0.102. The van der Waals surface area contributed by atoms with Crippen LogP contribution in [0.15, 0.2) is 97.1 Å². The Hall–Kier alpha value is -5.18. The Kier molecular flexibility index (Phi) is 8.01. The summed E-state index contributed by atoms with van der Waals surface area (Å²) in [7, 11) is 3.25. The molecule has 4 aromatic carbocycles. The Balaban J connectivity index is 1.35. The summed E-state index contributed by atoms with van der Waals surface area (Å²) < 4.78 is 31.3. The summed E-state index contributed by atoms with van der Waals surface area (Å²) in [5, 5.41) is 7.43. The van der Waals surface area contributed by atoms with Gasteiger partial charge in [0, 0.05) is 23.2 Å². The van der Waals surface area contributed by atoms with Gasteiger partial charge in [0.1, 0.15) is 17.3 Å². The molecule has 9 heteroatoms. The standard InChI is InChI=1S/C31H27FN4O4/c1-38-27-15-3-21(4-16-27)19-20-40-31-34-29(22-7-17-28(39-2)18-8-22)36(35-31)26-13-11-25(12-14-26)33-30(37)23-5-9-24(32)10-6-23/h3-18H,19-20H2,1-2H3,(H,33,37). The highest BCUT2D eigenvalue weighted by molar-refractivity contribution is 6.04. The maximum absolute atomic E-state index is 13.2. The number of ether oxygens (including phenoxy) is 3. The summed E-state index contributed by atoms with van der Waals surface area (Å²) >= 11 is 0. The maximum Gasteiger partial charge on any atom is 0.336 e. The van der Waals surface area contributed by atoms with Crippen LogP contribution in [0.2, 0.25) is 0 Å². The third-order valence-corrected chi connectivity index (χ3v) is 6.19. The van der Waals surface area contributed by atoms with E-state index in [-0.39, 0.29) is 11.9 Å². The van der Waals surface area contributed by atoms with Gasteiger partial charge in [-0.2, -0.15) is 4.98 Å². The van der Waals surface area contributed by atoms with E-state index in [4.69, 9.17) is 14.2 Å². The van der Waals surface area contributed by atoms with Gasteiger partial charge >= 0.3 is 6.01 Å². The lowest BCUT2D eigenvalue weighted by Crippen LogP contribution is -2.11. The Morgan fingerprint density at radius 1 is 0.825 bits per heavy atom. The van der Waals surface area contributed by atoms with E-state index in [2.05, 4.69) is 15.4 Å². The number of carbonyl (C=O) groups is 1. The number of halogens is 1. The van der Waals surface area contributed by atoms with E-state index in [1.165, 1.54) is 24.3 Å². The average Bonchev–Trinajstić information content (AvgIpc) is 3.42. The number of nitrogens with zero attached hydrogens (tertiary/aromatic N) is 3. The fourth-order valence-corrected chi connectivity index (χ4v) is 4.00. The molecule has 1 aromatic heterocycles. The van der Waals surface area contributed by atoms with Crippen molar-refractivity contribution in [1.29, 1.82) is 0 Å². The van der Waals surface area contributed by atoms with Crippen molar-refractivity contribution in [3.63, 3.8) is 0 Å². The zero-order valence-electron chi connectivity index (χ0n) is 22.0. The molecule has 0 spiro atoms. The van der Waals surface area contributed by atoms with Gasteiger partial charge in [-0.1, -0.05) is 12.1 Å². The molecule has 1 heterocycles. The molecule has 202 valence electrons. The fraction of sp³-hybridized carbons (Fsp3) is 0.129. The first-order chi connectivity index (χ1) is 19.5. The second-order valence-electron chi connectivity index (χ2n) is 8.81. The lowest BCUT2D eigenvalue weighted by Gasteiger charge is -2.09. The minimum absolute atomic E-state index is 0.244. The predicted octanol–water partition coefficient (Wildman–Crippen LogP) is 5.96. The van der Waals surface area contributed by atoms with Crippen LogP contribution in [0.5, 0.6) is 17.5 Å². The van der Waals surface area contributed by atoms with Gasteiger partial charge < -0.3 is 19.5 Å². The highest BCUT2D eigenvalue weighted by atomic mass is 19.1. The summed E-state index contributed by atoms with van der Waals surface area (Å²) in [6.07, 6.45) is 0.679. The van der Waals surface area contributed by atoms with Crippen molar-refractivity contribution in [2.45, 2.75) is 6.42 Å². The molecule has 0 atom stereocenters.